The van der Waals surface area contributed by atoms with Gasteiger partial charge in [0.2, 0.25) is 0 Å². The van der Waals surface area contributed by atoms with E-state index in [-0.39, 0.29) is 21.1 Å². The van der Waals surface area contributed by atoms with Gasteiger partial charge in [0.15, 0.2) is 46.0 Å². The van der Waals surface area contributed by atoms with E-state index in [1.807, 2.05) is 0 Å². The Morgan fingerprint density at radius 3 is 0.513 bits per heavy atom. The minimum Gasteiger partial charge on any atom is -0.489 e. The number of aromatic nitrogens is 8. The molecule has 5 heterocycles. The first-order valence-electron chi connectivity index (χ1n) is 45.3. The molecule has 0 fully saturated rings. The second-order valence-electron chi connectivity index (χ2n) is 32.7. The SMILES string of the molecule is CCCCC(CC)COc1cc2c(cc1OCC(CC)CCCC)-c1nc-2nc2[n-]c(nc3nc(nc4[n-]c(n1)c1cc(OCC(CC)CCCC)c(OCC(CC)CCCC)cc41)-c1cc(OCC(CC)CCCC)c(OCC(CC)CCCC)cc1-3)c1cc(OCC(CC)CCCC)c(OCC(CC)CCCC)cc21.[Pt+2]. The molecule has 17 heteroatoms. The van der Waals surface area contributed by atoms with Crippen molar-refractivity contribution >= 4 is 44.1 Å². The van der Waals surface area contributed by atoms with Crippen molar-refractivity contribution in [3.63, 3.8) is 0 Å². The van der Waals surface area contributed by atoms with Crippen LogP contribution in [0, 0.1) is 47.3 Å². The van der Waals surface area contributed by atoms with E-state index in [4.69, 9.17) is 77.8 Å². The Kier molecular flexibility index (Phi) is 39.6. The molecule has 9 rings (SSSR count). The number of benzene rings is 4. The Balaban J connectivity index is 0.0000160. The maximum Gasteiger partial charge on any atom is 2.00 e. The van der Waals surface area contributed by atoms with Crippen LogP contribution in [0.5, 0.6) is 46.0 Å². The third-order valence-corrected chi connectivity index (χ3v) is 24.1. The molecule has 0 aliphatic carbocycles. The molecule has 3 aromatic heterocycles. The van der Waals surface area contributed by atoms with Gasteiger partial charge in [-0.25, -0.2) is 9.97 Å². The van der Waals surface area contributed by atoms with Crippen LogP contribution in [0.2, 0.25) is 0 Å². The van der Waals surface area contributed by atoms with Crippen molar-refractivity contribution in [1.82, 2.24) is 39.9 Å². The maximum atomic E-state index is 7.09. The summed E-state index contributed by atoms with van der Waals surface area (Å²) in [6.07, 6.45) is 34.6. The quantitative estimate of drug-likeness (QED) is 0.0351. The Morgan fingerprint density at radius 1 is 0.221 bits per heavy atom. The zero-order chi connectivity index (χ0) is 79.7. The molecular formula is C96H144N8O8Pt. The molecule has 0 saturated heterocycles. The van der Waals surface area contributed by atoms with Crippen LogP contribution < -0.4 is 47.9 Å². The summed E-state index contributed by atoms with van der Waals surface area (Å²) in [5.41, 5.74) is 4.58. The Hall–Kier alpha value is -6.67. The van der Waals surface area contributed by atoms with Gasteiger partial charge in [0.25, 0.3) is 0 Å². The molecule has 0 radical (unpaired) electrons. The fourth-order valence-corrected chi connectivity index (χ4v) is 15.4. The van der Waals surface area contributed by atoms with E-state index >= 15 is 0 Å². The van der Waals surface area contributed by atoms with E-state index in [0.717, 1.165) is 249 Å². The fourth-order valence-electron chi connectivity index (χ4n) is 15.4. The van der Waals surface area contributed by atoms with Crippen molar-refractivity contribution in [2.75, 3.05) is 52.9 Å². The second-order valence-corrected chi connectivity index (χ2v) is 32.7. The number of hydrogen-bond donors (Lipinski definition) is 0. The molecule has 16 nitrogen and oxygen atoms in total. The summed E-state index contributed by atoms with van der Waals surface area (Å²) in [5, 5.41) is 2.93. The first kappa shape index (κ1) is 91.8. The number of fused-ring (bicyclic) bond motifs is 20. The first-order chi connectivity index (χ1) is 54.8. The maximum absolute atomic E-state index is 7.09. The van der Waals surface area contributed by atoms with Crippen LogP contribution in [0.3, 0.4) is 0 Å². The van der Waals surface area contributed by atoms with Gasteiger partial charge < -0.3 is 67.8 Å². The van der Waals surface area contributed by atoms with E-state index in [1.165, 1.54) is 0 Å². The van der Waals surface area contributed by atoms with Gasteiger partial charge in [0.05, 0.1) is 76.2 Å². The molecule has 4 aromatic carbocycles. The molecule has 0 N–H and O–H groups in total. The Labute approximate surface area is 695 Å². The Morgan fingerprint density at radius 2 is 0.372 bits per heavy atom. The van der Waals surface area contributed by atoms with Gasteiger partial charge in [-0.2, -0.15) is 0 Å². The average molecular weight is 1730 g/mol. The predicted molar refractivity (Wildman–Crippen MR) is 464 cm³/mol. The molecule has 8 atom stereocenters. The minimum absolute atomic E-state index is 0. The van der Waals surface area contributed by atoms with Crippen LogP contribution >= 0.6 is 0 Å². The Bertz CT molecular complexity index is 3640. The van der Waals surface area contributed by atoms with Crippen molar-refractivity contribution in [2.24, 2.45) is 47.3 Å². The average Bonchev–Trinajstić information content (AvgIpc) is 1.59. The van der Waals surface area contributed by atoms with Crippen molar-refractivity contribution < 1.29 is 59.0 Å². The van der Waals surface area contributed by atoms with Crippen LogP contribution in [0.25, 0.3) is 89.7 Å². The molecule has 626 valence electrons. The van der Waals surface area contributed by atoms with Crippen molar-refractivity contribution in [3.8, 4) is 91.5 Å². The van der Waals surface area contributed by atoms with Crippen molar-refractivity contribution in [1.29, 1.82) is 0 Å². The minimum atomic E-state index is 0. The summed E-state index contributed by atoms with van der Waals surface area (Å²) < 4.78 is 56.7. The van der Waals surface area contributed by atoms with Crippen LogP contribution in [-0.4, -0.2) is 82.8 Å². The largest absolute Gasteiger partial charge is 2.00 e. The number of unbranched alkanes of at least 4 members (excludes halogenated alkanes) is 8. The van der Waals surface area contributed by atoms with Gasteiger partial charge in [-0.1, -0.05) is 265 Å². The zero-order valence-corrected chi connectivity index (χ0v) is 75.0. The van der Waals surface area contributed by atoms with Gasteiger partial charge in [-0.3, -0.25) is 0 Å². The molecule has 8 unspecified atom stereocenters. The van der Waals surface area contributed by atoms with Crippen LogP contribution in [0.4, 0.5) is 0 Å². The molecule has 0 spiro atoms. The summed E-state index contributed by atoms with van der Waals surface area (Å²) in [6.45, 7) is 40.5. The first-order valence-corrected chi connectivity index (χ1v) is 45.3. The van der Waals surface area contributed by atoms with E-state index < -0.39 is 0 Å². The summed E-state index contributed by atoms with van der Waals surface area (Å²) in [7, 11) is 0. The molecule has 2 aliphatic rings. The van der Waals surface area contributed by atoms with Crippen molar-refractivity contribution in [2.45, 2.75) is 316 Å². The van der Waals surface area contributed by atoms with E-state index in [1.54, 1.807) is 0 Å². The van der Waals surface area contributed by atoms with Gasteiger partial charge in [-0.05, 0) is 169 Å². The fraction of sp³-hybridized carbons (Fsp3) is 0.667. The smallest absolute Gasteiger partial charge is 0.489 e. The van der Waals surface area contributed by atoms with Crippen LogP contribution in [-0.2, 0) is 21.1 Å². The van der Waals surface area contributed by atoms with E-state index in [9.17, 15) is 0 Å². The number of rotatable bonds is 56. The van der Waals surface area contributed by atoms with Gasteiger partial charge in [-0.15, -0.1) is 0 Å². The van der Waals surface area contributed by atoms with Gasteiger partial charge in [0.1, 0.15) is 0 Å². The summed E-state index contributed by atoms with van der Waals surface area (Å²) in [5.74, 6) is 9.65. The number of ether oxygens (including phenoxy) is 8. The predicted octanol–water partition coefficient (Wildman–Crippen LogP) is 26.9. The third-order valence-electron chi connectivity index (χ3n) is 24.1. The third kappa shape index (κ3) is 25.7. The van der Waals surface area contributed by atoms with Crippen LogP contribution in [0.1, 0.15) is 316 Å². The monoisotopic (exact) mass is 1730 g/mol. The van der Waals surface area contributed by atoms with E-state index in [0.29, 0.717) is 192 Å². The summed E-state index contributed by atoms with van der Waals surface area (Å²) in [4.78, 5) is 45.0. The molecule has 2 aliphatic heterocycles. The normalized spacial score (nSPS) is 14.0. The molecule has 0 saturated carbocycles. The zero-order valence-electron chi connectivity index (χ0n) is 72.7. The topological polar surface area (TPSA) is 179 Å². The molecule has 7 aromatic rings. The molecule has 113 heavy (non-hydrogen) atoms. The molecule has 0 amide bonds. The number of hydrogen-bond acceptors (Lipinski definition) is 14. The number of nitrogens with zero attached hydrogens (tertiary/aromatic N) is 8. The van der Waals surface area contributed by atoms with Crippen molar-refractivity contribution in [3.05, 3.63) is 48.5 Å². The van der Waals surface area contributed by atoms with Crippen LogP contribution in [0.15, 0.2) is 48.5 Å². The van der Waals surface area contributed by atoms with Gasteiger partial charge >= 0.3 is 21.1 Å². The van der Waals surface area contributed by atoms with E-state index in [2.05, 4.69) is 159 Å². The standard InChI is InChI=1S/C96H144N8O8.Pt/c1-17-33-41-65(25-9)57-105-81-49-73-74(50-82(81)106-58-66(26-10)42-34-18-2)90-97-89(73)101-91-75-51-83(107-59-67(27-11)43-35-19-3)84(108-60-68(28-12)44-36-20-4)52-76(75)93(98-91)103-95-79-55-87(111-63-71(31-15)47-39-23-7)88(112-64-72(32-16)48-40-24-8)56-80(79)96(100-95)104-94-78-54-86(110-62-70(30-14)46-38-22-6)85(53-77(78)92(99-94)102-90)109-61-69(29-13)45-37-21-5;/h49-56,65-72H,17-48,57-64H2,1-16H3;/q-2;+2. The van der Waals surface area contributed by atoms with Gasteiger partial charge in [0, 0.05) is 44.8 Å². The molecular weight excluding hydrogens is 1590 g/mol. The molecule has 8 bridgehead atoms. The summed E-state index contributed by atoms with van der Waals surface area (Å²) in [6, 6.07) is 16.7. The summed E-state index contributed by atoms with van der Waals surface area (Å²) >= 11 is 0. The second kappa shape index (κ2) is 48.8.